The van der Waals surface area contributed by atoms with Crippen molar-refractivity contribution in [3.63, 3.8) is 0 Å². The Labute approximate surface area is 151 Å². The lowest BCUT2D eigenvalue weighted by Gasteiger charge is -2.22. The van der Waals surface area contributed by atoms with Gasteiger partial charge < -0.3 is 10.2 Å². The van der Waals surface area contributed by atoms with Crippen LogP contribution >= 0.6 is 0 Å². The van der Waals surface area contributed by atoms with Crippen LogP contribution in [-0.2, 0) is 6.54 Å². The SMILES string of the molecule is CC(C)n1cc([C@H](C)NCc2ccnc(N3CCCCCC3)c2)cn1. The first-order chi connectivity index (χ1) is 12.1. The van der Waals surface area contributed by atoms with Crippen molar-refractivity contribution in [3.05, 3.63) is 41.9 Å². The smallest absolute Gasteiger partial charge is 0.128 e. The highest BCUT2D eigenvalue weighted by Crippen LogP contribution is 2.19. The molecule has 0 saturated carbocycles. The summed E-state index contributed by atoms with van der Waals surface area (Å²) in [7, 11) is 0. The molecule has 1 aliphatic rings. The zero-order valence-corrected chi connectivity index (χ0v) is 15.8. The molecule has 3 heterocycles. The molecule has 0 spiro atoms. The fourth-order valence-electron chi connectivity index (χ4n) is 3.29. The molecule has 1 fully saturated rings. The highest BCUT2D eigenvalue weighted by molar-refractivity contribution is 5.41. The second-order valence-corrected chi connectivity index (χ2v) is 7.37. The molecule has 5 nitrogen and oxygen atoms in total. The van der Waals surface area contributed by atoms with Crippen LogP contribution < -0.4 is 10.2 Å². The molecule has 136 valence electrons. The second kappa shape index (κ2) is 8.48. The van der Waals surface area contributed by atoms with E-state index in [0.717, 1.165) is 25.5 Å². The fourth-order valence-corrected chi connectivity index (χ4v) is 3.29. The van der Waals surface area contributed by atoms with Crippen LogP contribution in [0.5, 0.6) is 0 Å². The molecule has 0 unspecified atom stereocenters. The Morgan fingerprint density at radius 1 is 1.12 bits per heavy atom. The third-order valence-electron chi connectivity index (χ3n) is 5.00. The number of anilines is 1. The molecular formula is C20H31N5. The Kier molecular flexibility index (Phi) is 6.08. The summed E-state index contributed by atoms with van der Waals surface area (Å²) in [6, 6.07) is 5.03. The van der Waals surface area contributed by atoms with Crippen LogP contribution in [0.3, 0.4) is 0 Å². The van der Waals surface area contributed by atoms with Gasteiger partial charge in [-0.1, -0.05) is 12.8 Å². The van der Waals surface area contributed by atoms with Crippen molar-refractivity contribution in [1.29, 1.82) is 0 Å². The molecule has 1 N–H and O–H groups in total. The number of rotatable bonds is 6. The van der Waals surface area contributed by atoms with Crippen molar-refractivity contribution < 1.29 is 0 Å². The van der Waals surface area contributed by atoms with Crippen LogP contribution in [0.2, 0.25) is 0 Å². The van der Waals surface area contributed by atoms with E-state index in [-0.39, 0.29) is 6.04 Å². The maximum atomic E-state index is 4.60. The Balaban J connectivity index is 1.59. The average molecular weight is 342 g/mol. The van der Waals surface area contributed by atoms with E-state index in [4.69, 9.17) is 0 Å². The minimum atomic E-state index is 0.280. The van der Waals surface area contributed by atoms with Crippen LogP contribution in [0.1, 0.15) is 69.7 Å². The zero-order valence-electron chi connectivity index (χ0n) is 15.8. The molecule has 1 aliphatic heterocycles. The van der Waals surface area contributed by atoms with Gasteiger partial charge in [-0.3, -0.25) is 4.68 Å². The molecule has 0 aliphatic carbocycles. The third-order valence-corrected chi connectivity index (χ3v) is 5.00. The third kappa shape index (κ3) is 4.82. The summed E-state index contributed by atoms with van der Waals surface area (Å²) < 4.78 is 2.01. The predicted molar refractivity (Wildman–Crippen MR) is 103 cm³/mol. The fraction of sp³-hybridized carbons (Fsp3) is 0.600. The average Bonchev–Trinajstić information content (AvgIpc) is 2.96. The van der Waals surface area contributed by atoms with E-state index in [1.54, 1.807) is 0 Å². The number of pyridine rings is 1. The van der Waals surface area contributed by atoms with E-state index in [1.165, 1.54) is 36.8 Å². The number of hydrogen-bond acceptors (Lipinski definition) is 4. The normalized spacial score (nSPS) is 16.9. The highest BCUT2D eigenvalue weighted by atomic mass is 15.3. The minimum Gasteiger partial charge on any atom is -0.357 e. The maximum absolute atomic E-state index is 4.60. The summed E-state index contributed by atoms with van der Waals surface area (Å²) in [6.07, 6.45) is 11.3. The van der Waals surface area contributed by atoms with Crippen LogP contribution in [0.15, 0.2) is 30.7 Å². The summed E-state index contributed by atoms with van der Waals surface area (Å²) >= 11 is 0. The van der Waals surface area contributed by atoms with Crippen LogP contribution in [0.4, 0.5) is 5.82 Å². The van der Waals surface area contributed by atoms with Crippen LogP contribution in [-0.4, -0.2) is 27.9 Å². The lowest BCUT2D eigenvalue weighted by atomic mass is 10.1. The van der Waals surface area contributed by atoms with Gasteiger partial charge in [-0.15, -0.1) is 0 Å². The molecule has 2 aromatic heterocycles. The maximum Gasteiger partial charge on any atom is 0.128 e. The van der Waals surface area contributed by atoms with Gasteiger partial charge in [0.1, 0.15) is 5.82 Å². The van der Waals surface area contributed by atoms with Gasteiger partial charge in [0.15, 0.2) is 0 Å². The van der Waals surface area contributed by atoms with Gasteiger partial charge in [0.05, 0.1) is 6.20 Å². The molecule has 25 heavy (non-hydrogen) atoms. The Hall–Kier alpha value is -1.88. The van der Waals surface area contributed by atoms with Crippen LogP contribution in [0.25, 0.3) is 0 Å². The van der Waals surface area contributed by atoms with Crippen molar-refractivity contribution in [2.45, 2.75) is 65.1 Å². The van der Waals surface area contributed by atoms with E-state index in [9.17, 15) is 0 Å². The lowest BCUT2D eigenvalue weighted by Crippen LogP contribution is -2.25. The molecule has 5 heteroatoms. The standard InChI is InChI=1S/C20H31N5/c1-16(2)25-15-19(14-23-25)17(3)22-13-18-8-9-21-20(12-18)24-10-6-4-5-7-11-24/h8-9,12,14-17,22H,4-7,10-11,13H2,1-3H3/t17-/m0/s1. The van der Waals surface area contributed by atoms with Gasteiger partial charge in [-0.2, -0.15) is 5.10 Å². The van der Waals surface area contributed by atoms with E-state index in [1.807, 2.05) is 17.1 Å². The van der Waals surface area contributed by atoms with E-state index in [0.29, 0.717) is 6.04 Å². The predicted octanol–water partition coefficient (Wildman–Crippen LogP) is 4.09. The first-order valence-electron chi connectivity index (χ1n) is 9.61. The molecule has 0 bridgehead atoms. The van der Waals surface area contributed by atoms with Crippen molar-refractivity contribution >= 4 is 5.82 Å². The molecule has 0 aromatic carbocycles. The van der Waals surface area contributed by atoms with Gasteiger partial charge in [0.25, 0.3) is 0 Å². The molecule has 2 aromatic rings. The number of nitrogens with one attached hydrogen (secondary N) is 1. The Morgan fingerprint density at radius 3 is 2.56 bits per heavy atom. The molecule has 0 radical (unpaired) electrons. The van der Waals surface area contributed by atoms with Gasteiger partial charge in [0.2, 0.25) is 0 Å². The molecule has 1 atom stereocenters. The second-order valence-electron chi connectivity index (χ2n) is 7.37. The summed E-state index contributed by atoms with van der Waals surface area (Å²) in [5.74, 6) is 1.13. The summed E-state index contributed by atoms with van der Waals surface area (Å²) in [5.41, 5.74) is 2.52. The quantitative estimate of drug-likeness (QED) is 0.859. The Morgan fingerprint density at radius 2 is 1.88 bits per heavy atom. The van der Waals surface area contributed by atoms with Gasteiger partial charge >= 0.3 is 0 Å². The van der Waals surface area contributed by atoms with Gasteiger partial charge in [0, 0.05) is 49.7 Å². The van der Waals surface area contributed by atoms with Crippen LogP contribution in [0, 0.1) is 0 Å². The molecule has 0 amide bonds. The van der Waals surface area contributed by atoms with E-state index < -0.39 is 0 Å². The first-order valence-corrected chi connectivity index (χ1v) is 9.61. The summed E-state index contributed by atoms with van der Waals surface area (Å²) in [5, 5.41) is 8.05. The van der Waals surface area contributed by atoms with Crippen molar-refractivity contribution in [2.24, 2.45) is 0 Å². The number of aromatic nitrogens is 3. The van der Waals surface area contributed by atoms with Gasteiger partial charge in [-0.25, -0.2) is 4.98 Å². The van der Waals surface area contributed by atoms with E-state index in [2.05, 4.69) is 59.4 Å². The lowest BCUT2D eigenvalue weighted by molar-refractivity contribution is 0.528. The largest absolute Gasteiger partial charge is 0.357 e. The molecular weight excluding hydrogens is 310 g/mol. The summed E-state index contributed by atoms with van der Waals surface area (Å²) in [4.78, 5) is 7.03. The zero-order chi connectivity index (χ0) is 17.6. The topological polar surface area (TPSA) is 46.0 Å². The van der Waals surface area contributed by atoms with Crippen molar-refractivity contribution in [2.75, 3.05) is 18.0 Å². The Bertz CT molecular complexity index is 656. The summed E-state index contributed by atoms with van der Waals surface area (Å²) in [6.45, 7) is 9.60. The highest BCUT2D eigenvalue weighted by Gasteiger charge is 2.12. The van der Waals surface area contributed by atoms with Gasteiger partial charge in [-0.05, 0) is 51.3 Å². The molecule has 1 saturated heterocycles. The first kappa shape index (κ1) is 17.9. The molecule has 3 rings (SSSR count). The minimum absolute atomic E-state index is 0.280. The van der Waals surface area contributed by atoms with Crippen molar-refractivity contribution in [3.8, 4) is 0 Å². The van der Waals surface area contributed by atoms with E-state index >= 15 is 0 Å². The number of nitrogens with zero attached hydrogens (tertiary/aromatic N) is 4. The monoisotopic (exact) mass is 341 g/mol. The van der Waals surface area contributed by atoms with Crippen molar-refractivity contribution in [1.82, 2.24) is 20.1 Å². The number of hydrogen-bond donors (Lipinski definition) is 1.